The van der Waals surface area contributed by atoms with Gasteiger partial charge in [0.2, 0.25) is 5.91 Å². The molecule has 2 unspecified atom stereocenters. The van der Waals surface area contributed by atoms with Crippen LogP contribution in [0.5, 0.6) is 5.75 Å². The van der Waals surface area contributed by atoms with Gasteiger partial charge in [-0.25, -0.2) is 0 Å². The van der Waals surface area contributed by atoms with Crippen LogP contribution in [0.4, 0.5) is 11.4 Å². The van der Waals surface area contributed by atoms with Gasteiger partial charge < -0.3 is 15.8 Å². The Hall–Kier alpha value is -1.56. The highest BCUT2D eigenvalue weighted by molar-refractivity contribution is 7.85. The van der Waals surface area contributed by atoms with E-state index >= 15 is 0 Å². The summed E-state index contributed by atoms with van der Waals surface area (Å²) in [5.41, 5.74) is 6.82. The minimum atomic E-state index is -0.996. The van der Waals surface area contributed by atoms with Crippen LogP contribution in [0.15, 0.2) is 18.2 Å². The topological polar surface area (TPSA) is 81.4 Å². The van der Waals surface area contributed by atoms with E-state index in [2.05, 4.69) is 5.32 Å². The molecule has 0 radical (unpaired) electrons. The van der Waals surface area contributed by atoms with Crippen molar-refractivity contribution in [1.29, 1.82) is 0 Å². The lowest BCUT2D eigenvalue weighted by Gasteiger charge is -2.15. The zero-order valence-electron chi connectivity index (χ0n) is 13.0. The number of carbonyl (C=O) groups is 1. The predicted octanol–water partition coefficient (Wildman–Crippen LogP) is 2.40. The quantitative estimate of drug-likeness (QED) is 0.758. The van der Waals surface area contributed by atoms with Crippen molar-refractivity contribution in [1.82, 2.24) is 0 Å². The molecule has 0 aromatic heterocycles. The highest BCUT2D eigenvalue weighted by Gasteiger charge is 2.16. The summed E-state index contributed by atoms with van der Waals surface area (Å²) in [6, 6.07) is 5.07. The highest BCUT2D eigenvalue weighted by Crippen LogP contribution is 2.24. The second-order valence-electron chi connectivity index (χ2n) is 5.29. The maximum atomic E-state index is 12.0. The summed E-state index contributed by atoms with van der Waals surface area (Å²) < 4.78 is 17.0. The maximum absolute atomic E-state index is 12.0. The first-order valence-electron chi connectivity index (χ1n) is 6.95. The number of anilines is 2. The number of ether oxygens (including phenoxy) is 1. The summed E-state index contributed by atoms with van der Waals surface area (Å²) >= 11 is 0. The van der Waals surface area contributed by atoms with Crippen LogP contribution < -0.4 is 15.8 Å². The van der Waals surface area contributed by atoms with Crippen molar-refractivity contribution >= 4 is 28.1 Å². The summed E-state index contributed by atoms with van der Waals surface area (Å²) in [5.74, 6) is 1.15. The Morgan fingerprint density at radius 3 is 2.57 bits per heavy atom. The summed E-state index contributed by atoms with van der Waals surface area (Å²) in [6.07, 6.45) is 0.217. The average Bonchev–Trinajstić information content (AvgIpc) is 2.45. The monoisotopic (exact) mass is 312 g/mol. The van der Waals surface area contributed by atoms with Gasteiger partial charge in [0.05, 0.1) is 18.5 Å². The minimum Gasteiger partial charge on any atom is -0.497 e. The molecule has 0 aliphatic carbocycles. The van der Waals surface area contributed by atoms with E-state index in [-0.39, 0.29) is 17.6 Å². The average molecular weight is 312 g/mol. The van der Waals surface area contributed by atoms with Crippen molar-refractivity contribution in [3.8, 4) is 5.75 Å². The lowest BCUT2D eigenvalue weighted by molar-refractivity contribution is -0.115. The SMILES string of the molecule is COc1ccc(NC(=O)CCS(=O)C(C)C(C)C)c(N)c1. The molecule has 1 aromatic rings. The zero-order chi connectivity index (χ0) is 16.0. The first kappa shape index (κ1) is 17.5. The molecule has 0 fully saturated rings. The number of nitrogen functional groups attached to an aromatic ring is 1. The second-order valence-corrected chi connectivity index (χ2v) is 7.20. The van der Waals surface area contributed by atoms with Crippen LogP contribution in [-0.2, 0) is 15.6 Å². The molecule has 1 amide bonds. The van der Waals surface area contributed by atoms with Crippen LogP contribution >= 0.6 is 0 Å². The molecule has 6 heteroatoms. The Kier molecular flexibility index (Phi) is 6.68. The number of amides is 1. The molecule has 0 bridgehead atoms. The molecular weight excluding hydrogens is 288 g/mol. The number of hydrogen-bond acceptors (Lipinski definition) is 4. The number of hydrogen-bond donors (Lipinski definition) is 2. The van der Waals surface area contributed by atoms with Gasteiger partial charge in [0.25, 0.3) is 0 Å². The van der Waals surface area contributed by atoms with Crippen LogP contribution in [0, 0.1) is 5.92 Å². The van der Waals surface area contributed by atoms with Crippen molar-refractivity contribution in [3.05, 3.63) is 18.2 Å². The third-order valence-electron chi connectivity index (χ3n) is 3.42. The van der Waals surface area contributed by atoms with Gasteiger partial charge in [0.15, 0.2) is 0 Å². The van der Waals surface area contributed by atoms with E-state index in [4.69, 9.17) is 10.5 Å². The van der Waals surface area contributed by atoms with Crippen LogP contribution in [0.1, 0.15) is 27.2 Å². The van der Waals surface area contributed by atoms with Crippen LogP contribution in [0.25, 0.3) is 0 Å². The van der Waals surface area contributed by atoms with Gasteiger partial charge in [-0.1, -0.05) is 20.8 Å². The Morgan fingerprint density at radius 1 is 1.38 bits per heavy atom. The van der Waals surface area contributed by atoms with Gasteiger partial charge in [0, 0.05) is 34.3 Å². The first-order chi connectivity index (χ1) is 9.85. The molecule has 21 heavy (non-hydrogen) atoms. The van der Waals surface area contributed by atoms with E-state index in [1.165, 1.54) is 0 Å². The lowest BCUT2D eigenvalue weighted by Crippen LogP contribution is -2.23. The van der Waals surface area contributed by atoms with Gasteiger partial charge >= 0.3 is 0 Å². The third kappa shape index (κ3) is 5.38. The Bertz CT molecular complexity index is 518. The summed E-state index contributed by atoms with van der Waals surface area (Å²) in [7, 11) is 0.558. The molecule has 3 N–H and O–H groups in total. The van der Waals surface area contributed by atoms with E-state index in [0.717, 1.165) is 0 Å². The smallest absolute Gasteiger partial charge is 0.225 e. The van der Waals surface area contributed by atoms with E-state index < -0.39 is 10.8 Å². The van der Waals surface area contributed by atoms with Crippen molar-refractivity contribution < 1.29 is 13.7 Å². The fraction of sp³-hybridized carbons (Fsp3) is 0.533. The lowest BCUT2D eigenvalue weighted by atomic mass is 10.2. The van der Waals surface area contributed by atoms with Gasteiger partial charge in [-0.2, -0.15) is 0 Å². The highest BCUT2D eigenvalue weighted by atomic mass is 32.2. The van der Waals surface area contributed by atoms with Gasteiger partial charge in [-0.05, 0) is 18.1 Å². The molecule has 0 heterocycles. The molecule has 1 aromatic carbocycles. The minimum absolute atomic E-state index is 0.0869. The fourth-order valence-electron chi connectivity index (χ4n) is 1.68. The molecule has 118 valence electrons. The molecule has 1 rings (SSSR count). The Morgan fingerprint density at radius 2 is 2.05 bits per heavy atom. The van der Waals surface area contributed by atoms with Crippen molar-refractivity contribution in [3.63, 3.8) is 0 Å². The molecule has 0 aliphatic rings. The predicted molar refractivity (Wildman–Crippen MR) is 88.0 cm³/mol. The molecular formula is C15H24N2O3S. The third-order valence-corrected chi connectivity index (χ3v) is 5.40. The number of benzene rings is 1. The van der Waals surface area contributed by atoms with E-state index in [1.807, 2.05) is 20.8 Å². The number of nitrogens with two attached hydrogens (primary N) is 1. The van der Waals surface area contributed by atoms with Gasteiger partial charge in [0.1, 0.15) is 5.75 Å². The number of carbonyl (C=O) groups excluding carboxylic acids is 1. The number of nitrogens with one attached hydrogen (secondary N) is 1. The Balaban J connectivity index is 2.53. The summed E-state index contributed by atoms with van der Waals surface area (Å²) in [5, 5.41) is 2.82. The number of rotatable bonds is 7. The van der Waals surface area contributed by atoms with Crippen molar-refractivity contribution in [2.24, 2.45) is 5.92 Å². The van der Waals surface area contributed by atoms with E-state index in [9.17, 15) is 9.00 Å². The fourth-order valence-corrected chi connectivity index (χ4v) is 3.04. The van der Waals surface area contributed by atoms with Crippen LogP contribution in [0.3, 0.4) is 0 Å². The van der Waals surface area contributed by atoms with Crippen LogP contribution in [-0.4, -0.2) is 28.2 Å². The summed E-state index contributed by atoms with van der Waals surface area (Å²) in [6.45, 7) is 6.00. The molecule has 0 saturated carbocycles. The van der Waals surface area contributed by atoms with E-state index in [0.29, 0.717) is 28.8 Å². The first-order valence-corrected chi connectivity index (χ1v) is 8.34. The van der Waals surface area contributed by atoms with Gasteiger partial charge in [-0.15, -0.1) is 0 Å². The second kappa shape index (κ2) is 8.02. The van der Waals surface area contributed by atoms with E-state index in [1.54, 1.807) is 25.3 Å². The standard InChI is InChI=1S/C15H24N2O3S/c1-10(2)11(3)21(19)8-7-15(18)17-14-6-5-12(20-4)9-13(14)16/h5-6,9-11H,7-8,16H2,1-4H3,(H,17,18). The largest absolute Gasteiger partial charge is 0.497 e. The van der Waals surface area contributed by atoms with Gasteiger partial charge in [-0.3, -0.25) is 9.00 Å². The molecule has 5 nitrogen and oxygen atoms in total. The normalized spacial score (nSPS) is 13.8. The molecule has 0 spiro atoms. The molecule has 0 saturated heterocycles. The van der Waals surface area contributed by atoms with Crippen molar-refractivity contribution in [2.45, 2.75) is 32.4 Å². The van der Waals surface area contributed by atoms with Crippen LogP contribution in [0.2, 0.25) is 0 Å². The number of methoxy groups -OCH3 is 1. The van der Waals surface area contributed by atoms with Crippen molar-refractivity contribution in [2.75, 3.05) is 23.9 Å². The molecule has 2 atom stereocenters. The maximum Gasteiger partial charge on any atom is 0.225 e. The summed E-state index contributed by atoms with van der Waals surface area (Å²) in [4.78, 5) is 11.9. The zero-order valence-corrected chi connectivity index (χ0v) is 13.8. The molecule has 0 aliphatic heterocycles. The Labute approximate surface area is 128 Å².